The molecule has 0 spiro atoms. The van der Waals surface area contributed by atoms with Gasteiger partial charge in [0.2, 0.25) is 0 Å². The quantitative estimate of drug-likeness (QED) is 0.713. The number of nitriles is 2. The van der Waals surface area contributed by atoms with Gasteiger partial charge in [0.1, 0.15) is 0 Å². The predicted molar refractivity (Wildman–Crippen MR) is 61.5 cm³/mol. The van der Waals surface area contributed by atoms with Crippen molar-refractivity contribution in [3.8, 4) is 12.1 Å². The Morgan fingerprint density at radius 3 is 2.50 bits per heavy atom. The van der Waals surface area contributed by atoms with E-state index < -0.39 is 0 Å². The molecule has 0 aliphatic heterocycles. The summed E-state index contributed by atoms with van der Waals surface area (Å²) < 4.78 is 0. The van der Waals surface area contributed by atoms with Gasteiger partial charge in [-0.3, -0.25) is 0 Å². The van der Waals surface area contributed by atoms with E-state index in [1.165, 1.54) is 5.56 Å². The van der Waals surface area contributed by atoms with E-state index in [1.54, 1.807) is 0 Å². The molecule has 0 amide bonds. The van der Waals surface area contributed by atoms with Crippen molar-refractivity contribution in [2.75, 3.05) is 0 Å². The van der Waals surface area contributed by atoms with Crippen LogP contribution in [0, 0.1) is 28.6 Å². The van der Waals surface area contributed by atoms with Crippen LogP contribution in [0.25, 0.3) is 0 Å². The van der Waals surface area contributed by atoms with Crippen molar-refractivity contribution in [1.29, 1.82) is 10.5 Å². The van der Waals surface area contributed by atoms with Gasteiger partial charge in [-0.2, -0.15) is 10.5 Å². The highest BCUT2D eigenvalue weighted by molar-refractivity contribution is 5.39. The molecular formula is C14H14N2. The maximum Gasteiger partial charge on any atom is 0.0715 e. The summed E-state index contributed by atoms with van der Waals surface area (Å²) in [6.45, 7) is 1.97. The minimum absolute atomic E-state index is 0.0124. The summed E-state index contributed by atoms with van der Waals surface area (Å²) in [6, 6.07) is 12.7. The number of fused-ring (bicyclic) bond motifs is 1. The fourth-order valence-electron chi connectivity index (χ4n) is 2.57. The molecule has 1 aromatic rings. The van der Waals surface area contributed by atoms with Gasteiger partial charge < -0.3 is 0 Å². The summed E-state index contributed by atoms with van der Waals surface area (Å²) in [5, 5.41) is 18.1. The largest absolute Gasteiger partial charge is 0.198 e. The normalized spacial score (nSPS) is 24.9. The fraction of sp³-hybridized carbons (Fsp3) is 0.429. The molecule has 1 aliphatic carbocycles. The maximum atomic E-state index is 9.10. The van der Waals surface area contributed by atoms with Crippen molar-refractivity contribution in [1.82, 2.24) is 0 Å². The average molecular weight is 210 g/mol. The molecule has 80 valence electrons. The van der Waals surface area contributed by atoms with Gasteiger partial charge in [-0.05, 0) is 36.8 Å². The summed E-state index contributed by atoms with van der Waals surface area (Å²) in [6.07, 6.45) is 1.83. The molecule has 2 heteroatoms. The molecule has 0 heterocycles. The molecule has 0 saturated heterocycles. The molecule has 0 radical (unpaired) electrons. The van der Waals surface area contributed by atoms with Gasteiger partial charge >= 0.3 is 0 Å². The number of nitrogens with zero attached hydrogens (tertiary/aromatic N) is 2. The maximum absolute atomic E-state index is 9.10. The molecule has 0 saturated carbocycles. The summed E-state index contributed by atoms with van der Waals surface area (Å²) >= 11 is 0. The van der Waals surface area contributed by atoms with Crippen LogP contribution < -0.4 is 0 Å². The van der Waals surface area contributed by atoms with Gasteiger partial charge in [0, 0.05) is 0 Å². The van der Waals surface area contributed by atoms with Crippen LogP contribution in [0.1, 0.15) is 42.7 Å². The molecule has 0 fully saturated rings. The third-order valence-electron chi connectivity index (χ3n) is 3.50. The fourth-order valence-corrected chi connectivity index (χ4v) is 2.57. The Morgan fingerprint density at radius 2 is 1.88 bits per heavy atom. The van der Waals surface area contributed by atoms with E-state index in [0.717, 1.165) is 18.4 Å². The first-order chi connectivity index (χ1) is 7.77. The summed E-state index contributed by atoms with van der Waals surface area (Å²) in [7, 11) is 0. The van der Waals surface area contributed by atoms with Gasteiger partial charge in [-0.1, -0.05) is 24.3 Å². The Kier molecular flexibility index (Phi) is 2.93. The van der Waals surface area contributed by atoms with Gasteiger partial charge in [0.25, 0.3) is 0 Å². The Bertz CT molecular complexity index is 464. The Balaban J connectivity index is 2.44. The molecule has 3 unspecified atom stereocenters. The lowest BCUT2D eigenvalue weighted by molar-refractivity contribution is 0.459. The van der Waals surface area contributed by atoms with Gasteiger partial charge in [-0.15, -0.1) is 0 Å². The van der Waals surface area contributed by atoms with E-state index in [0.29, 0.717) is 5.92 Å². The summed E-state index contributed by atoms with van der Waals surface area (Å²) in [4.78, 5) is 0. The van der Waals surface area contributed by atoms with Crippen LogP contribution in [-0.4, -0.2) is 0 Å². The lowest BCUT2D eigenvalue weighted by Gasteiger charge is -2.29. The van der Waals surface area contributed by atoms with Crippen molar-refractivity contribution in [2.24, 2.45) is 5.92 Å². The molecular weight excluding hydrogens is 196 g/mol. The number of benzene rings is 1. The topological polar surface area (TPSA) is 47.6 Å². The molecule has 2 nitrogen and oxygen atoms in total. The summed E-state index contributed by atoms with van der Waals surface area (Å²) in [5.41, 5.74) is 2.33. The second-order valence-electron chi connectivity index (χ2n) is 4.41. The van der Waals surface area contributed by atoms with Crippen molar-refractivity contribution in [2.45, 2.75) is 31.6 Å². The molecule has 0 bridgehead atoms. The Morgan fingerprint density at radius 1 is 1.19 bits per heavy atom. The van der Waals surface area contributed by atoms with Crippen LogP contribution >= 0.6 is 0 Å². The molecule has 0 aromatic heterocycles. The van der Waals surface area contributed by atoms with Crippen molar-refractivity contribution in [3.05, 3.63) is 35.4 Å². The van der Waals surface area contributed by atoms with Crippen LogP contribution in [0.5, 0.6) is 0 Å². The first kappa shape index (κ1) is 10.7. The zero-order valence-electron chi connectivity index (χ0n) is 9.35. The van der Waals surface area contributed by atoms with E-state index in [9.17, 15) is 0 Å². The highest BCUT2D eigenvalue weighted by Gasteiger charge is 2.29. The summed E-state index contributed by atoms with van der Waals surface area (Å²) in [5.74, 6) is 0.338. The highest BCUT2D eigenvalue weighted by Crippen LogP contribution is 2.41. The monoisotopic (exact) mass is 210 g/mol. The van der Waals surface area contributed by atoms with Crippen LogP contribution in [0.2, 0.25) is 0 Å². The second kappa shape index (κ2) is 4.37. The first-order valence-electron chi connectivity index (χ1n) is 5.66. The van der Waals surface area contributed by atoms with Gasteiger partial charge in [0.05, 0.1) is 24.0 Å². The Hall–Kier alpha value is -1.80. The van der Waals surface area contributed by atoms with Crippen LogP contribution in [0.3, 0.4) is 0 Å². The van der Waals surface area contributed by atoms with E-state index >= 15 is 0 Å². The number of rotatable bonds is 1. The van der Waals surface area contributed by atoms with Crippen molar-refractivity contribution >= 4 is 0 Å². The molecule has 3 atom stereocenters. The minimum Gasteiger partial charge on any atom is -0.198 e. The van der Waals surface area contributed by atoms with Crippen molar-refractivity contribution < 1.29 is 0 Å². The lowest BCUT2D eigenvalue weighted by atomic mass is 9.73. The lowest BCUT2D eigenvalue weighted by Crippen LogP contribution is -2.18. The van der Waals surface area contributed by atoms with E-state index in [1.807, 2.05) is 25.1 Å². The smallest absolute Gasteiger partial charge is 0.0715 e. The van der Waals surface area contributed by atoms with E-state index in [4.69, 9.17) is 10.5 Å². The van der Waals surface area contributed by atoms with Gasteiger partial charge in [0.15, 0.2) is 0 Å². The molecule has 1 aliphatic rings. The van der Waals surface area contributed by atoms with Crippen LogP contribution in [0.4, 0.5) is 0 Å². The Labute approximate surface area is 96.1 Å². The predicted octanol–water partition coefficient (Wildman–Crippen LogP) is 3.33. The highest BCUT2D eigenvalue weighted by atomic mass is 14.4. The number of hydrogen-bond acceptors (Lipinski definition) is 2. The third-order valence-corrected chi connectivity index (χ3v) is 3.50. The zero-order valence-corrected chi connectivity index (χ0v) is 9.35. The van der Waals surface area contributed by atoms with Crippen molar-refractivity contribution in [3.63, 3.8) is 0 Å². The second-order valence-corrected chi connectivity index (χ2v) is 4.41. The minimum atomic E-state index is 0.0124. The zero-order chi connectivity index (χ0) is 11.5. The van der Waals surface area contributed by atoms with E-state index in [-0.39, 0.29) is 11.8 Å². The van der Waals surface area contributed by atoms with Crippen LogP contribution in [-0.2, 0) is 0 Å². The first-order valence-corrected chi connectivity index (χ1v) is 5.66. The number of hydrogen-bond donors (Lipinski definition) is 0. The van der Waals surface area contributed by atoms with E-state index in [2.05, 4.69) is 18.2 Å². The average Bonchev–Trinajstić information content (AvgIpc) is 2.36. The third kappa shape index (κ3) is 1.68. The molecule has 2 rings (SSSR count). The SMILES string of the molecule is CC(C#N)C1CCC(C#N)c2ccccc21. The molecule has 0 N–H and O–H groups in total. The molecule has 1 aromatic carbocycles. The van der Waals surface area contributed by atoms with Gasteiger partial charge in [-0.25, -0.2) is 0 Å². The standard InChI is InChI=1S/C14H14N2/c1-10(8-15)12-7-6-11(9-16)13-4-2-3-5-14(12)13/h2-5,10-12H,6-7H2,1H3. The molecule has 16 heavy (non-hydrogen) atoms. The van der Waals surface area contributed by atoms with Crippen LogP contribution in [0.15, 0.2) is 24.3 Å².